The number of benzene rings is 1. The Bertz CT molecular complexity index is 818. The summed E-state index contributed by atoms with van der Waals surface area (Å²) in [5, 5.41) is 7.42. The zero-order valence-corrected chi connectivity index (χ0v) is 20.7. The first-order valence-corrected chi connectivity index (χ1v) is 10.0. The summed E-state index contributed by atoms with van der Waals surface area (Å²) in [5.74, 6) is 4.61. The Morgan fingerprint density at radius 2 is 1.97 bits per heavy atom. The highest BCUT2D eigenvalue weighted by atomic mass is 127. The molecule has 1 aromatic carbocycles. The molecule has 1 fully saturated rings. The number of likely N-dealkylation sites (tertiary alicyclic amines) is 1. The molecule has 1 aliphatic heterocycles. The third-order valence-electron chi connectivity index (χ3n) is 5.17. The Balaban J connectivity index is 0.00000320. The summed E-state index contributed by atoms with van der Waals surface area (Å²) in [6.45, 7) is 6.64. The van der Waals surface area contributed by atoms with Crippen molar-refractivity contribution in [3.05, 3.63) is 35.5 Å². The molecule has 8 nitrogen and oxygen atoms in total. The number of methoxy groups -OCH3 is 2. The van der Waals surface area contributed by atoms with E-state index in [4.69, 9.17) is 14.0 Å². The Morgan fingerprint density at radius 1 is 1.27 bits per heavy atom. The number of aromatic nitrogens is 2. The number of hydrogen-bond acceptors (Lipinski definition) is 6. The molecular weight excluding hydrogens is 497 g/mol. The predicted molar refractivity (Wildman–Crippen MR) is 127 cm³/mol. The summed E-state index contributed by atoms with van der Waals surface area (Å²) in [7, 11) is 5.17. The molecule has 1 aliphatic rings. The lowest BCUT2D eigenvalue weighted by atomic mass is 9.98. The molecule has 0 bridgehead atoms. The second-order valence-electron chi connectivity index (χ2n) is 7.50. The average Bonchev–Trinajstić information content (AvgIpc) is 3.41. The van der Waals surface area contributed by atoms with Crippen molar-refractivity contribution in [2.75, 3.05) is 40.9 Å². The molecule has 0 aliphatic carbocycles. The van der Waals surface area contributed by atoms with Gasteiger partial charge >= 0.3 is 0 Å². The first-order chi connectivity index (χ1) is 14.0. The summed E-state index contributed by atoms with van der Waals surface area (Å²) in [4.78, 5) is 11.1. The van der Waals surface area contributed by atoms with Crippen molar-refractivity contribution in [3.63, 3.8) is 0 Å². The second-order valence-corrected chi connectivity index (χ2v) is 7.50. The fourth-order valence-electron chi connectivity index (χ4n) is 3.51. The Labute approximate surface area is 195 Å². The van der Waals surface area contributed by atoms with Gasteiger partial charge in [-0.05, 0) is 24.1 Å². The number of halogens is 1. The van der Waals surface area contributed by atoms with Crippen LogP contribution in [0.25, 0.3) is 0 Å². The summed E-state index contributed by atoms with van der Waals surface area (Å²) in [5.41, 5.74) is 1.23. The van der Waals surface area contributed by atoms with E-state index >= 15 is 0 Å². The zero-order chi connectivity index (χ0) is 20.8. The summed E-state index contributed by atoms with van der Waals surface area (Å²) >= 11 is 0. The highest BCUT2D eigenvalue weighted by Gasteiger charge is 2.27. The number of rotatable bonds is 7. The van der Waals surface area contributed by atoms with E-state index in [1.54, 1.807) is 14.2 Å². The topological polar surface area (TPSA) is 85.0 Å². The van der Waals surface area contributed by atoms with Gasteiger partial charge in [0.1, 0.15) is 11.5 Å². The minimum atomic E-state index is 0. The molecule has 0 amide bonds. The fraction of sp³-hybridized carbons (Fsp3) is 0.571. The number of nitrogens with zero attached hydrogens (tertiary/aromatic N) is 4. The van der Waals surface area contributed by atoms with Crippen molar-refractivity contribution in [1.82, 2.24) is 20.4 Å². The van der Waals surface area contributed by atoms with Crippen LogP contribution in [0.15, 0.2) is 27.7 Å². The molecule has 1 N–H and O–H groups in total. The number of ether oxygens (including phenoxy) is 2. The zero-order valence-electron chi connectivity index (χ0n) is 18.3. The third-order valence-corrected chi connectivity index (χ3v) is 5.17. The average molecular weight is 529 g/mol. The molecule has 0 radical (unpaired) electrons. The van der Waals surface area contributed by atoms with Gasteiger partial charge in [0.05, 0.1) is 14.2 Å². The monoisotopic (exact) mass is 529 g/mol. The van der Waals surface area contributed by atoms with Crippen LogP contribution in [-0.4, -0.2) is 61.9 Å². The van der Waals surface area contributed by atoms with Gasteiger partial charge in [0.25, 0.3) is 0 Å². The standard InChI is InChI=1S/C21H31N5O3.HI/c1-14(2)20-24-19(29-25-20)6-8-23-21(22-3)26-9-7-15(13-26)16-10-17(27-4)12-18(11-16)28-5;/h10-12,14-15H,6-9,13H2,1-5H3,(H,22,23);1H. The molecule has 1 atom stereocenters. The number of aliphatic imine (C=N–C) groups is 1. The minimum Gasteiger partial charge on any atom is -0.497 e. The summed E-state index contributed by atoms with van der Waals surface area (Å²) in [6.07, 6.45) is 1.72. The molecule has 1 aromatic heterocycles. The molecule has 0 saturated carbocycles. The fourth-order valence-corrected chi connectivity index (χ4v) is 3.51. The van der Waals surface area contributed by atoms with Crippen LogP contribution in [0.5, 0.6) is 11.5 Å². The minimum absolute atomic E-state index is 0. The number of guanidine groups is 1. The first kappa shape index (κ1) is 24.2. The maximum absolute atomic E-state index is 5.41. The molecule has 2 heterocycles. The van der Waals surface area contributed by atoms with Gasteiger partial charge in [-0.15, -0.1) is 24.0 Å². The van der Waals surface area contributed by atoms with Crippen molar-refractivity contribution < 1.29 is 14.0 Å². The van der Waals surface area contributed by atoms with Crippen molar-refractivity contribution in [1.29, 1.82) is 0 Å². The van der Waals surface area contributed by atoms with Gasteiger partial charge in [0.2, 0.25) is 5.89 Å². The lowest BCUT2D eigenvalue weighted by molar-refractivity contribution is 0.370. The van der Waals surface area contributed by atoms with E-state index in [9.17, 15) is 0 Å². The van der Waals surface area contributed by atoms with Gasteiger partial charge in [0.15, 0.2) is 11.8 Å². The molecule has 1 saturated heterocycles. The Hall–Kier alpha value is -2.04. The van der Waals surface area contributed by atoms with Crippen molar-refractivity contribution in [3.8, 4) is 11.5 Å². The van der Waals surface area contributed by atoms with Crippen LogP contribution in [-0.2, 0) is 6.42 Å². The lowest BCUT2D eigenvalue weighted by Gasteiger charge is -2.21. The van der Waals surface area contributed by atoms with Gasteiger partial charge in [-0.1, -0.05) is 19.0 Å². The van der Waals surface area contributed by atoms with Crippen molar-refractivity contribution in [2.45, 2.75) is 38.5 Å². The highest BCUT2D eigenvalue weighted by Crippen LogP contribution is 2.32. The van der Waals surface area contributed by atoms with Crippen LogP contribution in [0.2, 0.25) is 0 Å². The van der Waals surface area contributed by atoms with Crippen molar-refractivity contribution >= 4 is 29.9 Å². The van der Waals surface area contributed by atoms with Crippen LogP contribution in [0.3, 0.4) is 0 Å². The largest absolute Gasteiger partial charge is 0.497 e. The highest BCUT2D eigenvalue weighted by molar-refractivity contribution is 14.0. The van der Waals surface area contributed by atoms with E-state index in [2.05, 4.69) is 51.3 Å². The number of hydrogen-bond donors (Lipinski definition) is 1. The molecule has 2 aromatic rings. The van der Waals surface area contributed by atoms with E-state index in [1.807, 2.05) is 13.1 Å². The van der Waals surface area contributed by atoms with Gasteiger partial charge in [-0.2, -0.15) is 4.98 Å². The smallest absolute Gasteiger partial charge is 0.228 e. The molecule has 3 rings (SSSR count). The second kappa shape index (κ2) is 11.4. The van der Waals surface area contributed by atoms with Gasteiger partial charge in [0, 0.05) is 51.0 Å². The van der Waals surface area contributed by atoms with Crippen LogP contribution in [0, 0.1) is 0 Å². The Kier molecular flexibility index (Phi) is 9.19. The van der Waals surface area contributed by atoms with Crippen molar-refractivity contribution in [2.24, 2.45) is 4.99 Å². The Morgan fingerprint density at radius 3 is 2.53 bits per heavy atom. The third kappa shape index (κ3) is 5.99. The van der Waals surface area contributed by atoms with E-state index in [-0.39, 0.29) is 29.9 Å². The van der Waals surface area contributed by atoms with Gasteiger partial charge < -0.3 is 24.2 Å². The SMILES string of the molecule is CN=C(NCCc1nc(C(C)C)no1)N1CCC(c2cc(OC)cc(OC)c2)C1.I. The molecule has 166 valence electrons. The maximum atomic E-state index is 5.41. The quantitative estimate of drug-likeness (QED) is 0.334. The van der Waals surface area contributed by atoms with Gasteiger partial charge in [-0.3, -0.25) is 4.99 Å². The first-order valence-electron chi connectivity index (χ1n) is 10.0. The summed E-state index contributed by atoms with van der Waals surface area (Å²) < 4.78 is 16.1. The predicted octanol–water partition coefficient (Wildman–Crippen LogP) is 3.44. The van der Waals surface area contributed by atoms with Crippen LogP contribution < -0.4 is 14.8 Å². The molecular formula is C21H32IN5O3. The maximum Gasteiger partial charge on any atom is 0.228 e. The van der Waals surface area contributed by atoms with Crippen LogP contribution >= 0.6 is 24.0 Å². The lowest BCUT2D eigenvalue weighted by Crippen LogP contribution is -2.40. The summed E-state index contributed by atoms with van der Waals surface area (Å²) in [6, 6.07) is 6.09. The van der Waals surface area contributed by atoms with Crippen LogP contribution in [0.4, 0.5) is 0 Å². The van der Waals surface area contributed by atoms with E-state index < -0.39 is 0 Å². The molecule has 30 heavy (non-hydrogen) atoms. The van der Waals surface area contributed by atoms with Gasteiger partial charge in [-0.25, -0.2) is 0 Å². The van der Waals surface area contributed by atoms with E-state index in [0.717, 1.165) is 42.8 Å². The number of nitrogens with one attached hydrogen (secondary N) is 1. The van der Waals surface area contributed by atoms with E-state index in [1.165, 1.54) is 5.56 Å². The molecule has 9 heteroatoms. The van der Waals surface area contributed by atoms with Crippen LogP contribution in [0.1, 0.15) is 49.4 Å². The molecule has 0 spiro atoms. The normalized spacial score (nSPS) is 16.5. The van der Waals surface area contributed by atoms with E-state index in [0.29, 0.717) is 24.8 Å². The molecule has 1 unspecified atom stereocenters.